The number of hydrogen-bond acceptors (Lipinski definition) is 5. The molecule has 3 heterocycles. The van der Waals surface area contributed by atoms with Crippen molar-refractivity contribution in [3.63, 3.8) is 0 Å². The summed E-state index contributed by atoms with van der Waals surface area (Å²) < 4.78 is 0. The highest BCUT2D eigenvalue weighted by molar-refractivity contribution is 7.09. The molecule has 2 aromatic rings. The van der Waals surface area contributed by atoms with Gasteiger partial charge in [-0.15, -0.1) is 11.3 Å². The molecule has 1 N–H and O–H groups in total. The van der Waals surface area contributed by atoms with E-state index in [0.29, 0.717) is 6.04 Å². The van der Waals surface area contributed by atoms with Crippen LogP contribution in [0.15, 0.2) is 22.2 Å². The van der Waals surface area contributed by atoms with Gasteiger partial charge in [0.05, 0.1) is 6.54 Å². The summed E-state index contributed by atoms with van der Waals surface area (Å²) in [4.78, 5) is 19.0. The first-order chi connectivity index (χ1) is 10.2. The number of carbonyl (C=O) groups excluding carboxylic acids is 1. The molecule has 0 atom stereocenters. The lowest BCUT2D eigenvalue weighted by Gasteiger charge is -2.31. The van der Waals surface area contributed by atoms with Gasteiger partial charge in [0, 0.05) is 41.1 Å². The number of carbonyl (C=O) groups is 1. The Morgan fingerprint density at radius 1 is 1.43 bits per heavy atom. The van der Waals surface area contributed by atoms with Crippen LogP contribution >= 0.6 is 22.7 Å². The number of rotatable bonds is 4. The molecule has 1 saturated heterocycles. The van der Waals surface area contributed by atoms with Gasteiger partial charge in [0.1, 0.15) is 5.01 Å². The van der Waals surface area contributed by atoms with Crippen molar-refractivity contribution in [2.45, 2.75) is 32.4 Å². The number of hydrogen-bond donors (Lipinski definition) is 1. The second-order valence-corrected chi connectivity index (χ2v) is 7.14. The lowest BCUT2D eigenvalue weighted by molar-refractivity contribution is 0.0909. The summed E-state index contributed by atoms with van der Waals surface area (Å²) in [7, 11) is 0. The molecule has 0 bridgehead atoms. The van der Waals surface area contributed by atoms with Gasteiger partial charge in [0.15, 0.2) is 0 Å². The van der Waals surface area contributed by atoms with E-state index in [2.05, 4.69) is 20.6 Å². The number of nitrogens with one attached hydrogen (secondary N) is 1. The molecule has 112 valence electrons. The molecule has 21 heavy (non-hydrogen) atoms. The van der Waals surface area contributed by atoms with Gasteiger partial charge in [-0.25, -0.2) is 4.98 Å². The Morgan fingerprint density at radius 3 is 2.86 bits per heavy atom. The molecule has 1 fully saturated rings. The number of thiophene rings is 1. The van der Waals surface area contributed by atoms with Crippen LogP contribution in [0.2, 0.25) is 0 Å². The Labute approximate surface area is 132 Å². The topological polar surface area (TPSA) is 45.2 Å². The number of aryl methyl sites for hydroxylation is 1. The smallest absolute Gasteiger partial charge is 0.252 e. The molecule has 1 amide bonds. The monoisotopic (exact) mass is 321 g/mol. The lowest BCUT2D eigenvalue weighted by Crippen LogP contribution is -2.44. The van der Waals surface area contributed by atoms with E-state index in [0.717, 1.165) is 43.7 Å². The highest BCUT2D eigenvalue weighted by Crippen LogP contribution is 2.17. The first-order valence-electron chi connectivity index (χ1n) is 7.17. The molecule has 0 spiro atoms. The molecule has 1 aliphatic rings. The van der Waals surface area contributed by atoms with Crippen LogP contribution in [0.5, 0.6) is 0 Å². The van der Waals surface area contributed by atoms with E-state index in [1.54, 1.807) is 22.7 Å². The second-order valence-electron chi connectivity index (χ2n) is 5.42. The third kappa shape index (κ3) is 3.90. The van der Waals surface area contributed by atoms with Crippen LogP contribution < -0.4 is 5.32 Å². The number of piperidine rings is 1. The predicted octanol–water partition coefficient (Wildman–Crippen LogP) is 2.91. The van der Waals surface area contributed by atoms with E-state index >= 15 is 0 Å². The summed E-state index contributed by atoms with van der Waals surface area (Å²) >= 11 is 3.29. The zero-order chi connectivity index (χ0) is 14.7. The molecule has 0 saturated carbocycles. The van der Waals surface area contributed by atoms with Gasteiger partial charge in [0.25, 0.3) is 5.91 Å². The van der Waals surface area contributed by atoms with Crippen LogP contribution in [-0.4, -0.2) is 34.9 Å². The number of thiazole rings is 1. The van der Waals surface area contributed by atoms with E-state index in [9.17, 15) is 4.79 Å². The van der Waals surface area contributed by atoms with E-state index < -0.39 is 0 Å². The van der Waals surface area contributed by atoms with Crippen molar-refractivity contribution in [2.75, 3.05) is 13.1 Å². The van der Waals surface area contributed by atoms with Crippen molar-refractivity contribution >= 4 is 28.6 Å². The van der Waals surface area contributed by atoms with Crippen molar-refractivity contribution in [3.8, 4) is 0 Å². The van der Waals surface area contributed by atoms with Crippen LogP contribution in [-0.2, 0) is 6.54 Å². The number of aromatic nitrogens is 1. The maximum Gasteiger partial charge on any atom is 0.252 e. The third-order valence-corrected chi connectivity index (χ3v) is 5.37. The van der Waals surface area contributed by atoms with Gasteiger partial charge in [-0.1, -0.05) is 0 Å². The van der Waals surface area contributed by atoms with Gasteiger partial charge in [0.2, 0.25) is 0 Å². The molecular formula is C15H19N3OS2. The number of nitrogens with zero attached hydrogens (tertiary/aromatic N) is 2. The van der Waals surface area contributed by atoms with Crippen LogP contribution in [0.4, 0.5) is 0 Å². The standard InChI is InChI=1S/C15H19N3OS2/c1-11-9-21-14(16-11)8-18-5-2-13(3-6-18)17-15(19)12-4-7-20-10-12/h4,7,9-10,13H,2-3,5-6,8H2,1H3,(H,17,19). The minimum Gasteiger partial charge on any atom is -0.349 e. The molecular weight excluding hydrogens is 302 g/mol. The van der Waals surface area contributed by atoms with Crippen molar-refractivity contribution in [3.05, 3.63) is 38.5 Å². The zero-order valence-electron chi connectivity index (χ0n) is 12.0. The van der Waals surface area contributed by atoms with Gasteiger partial charge in [-0.2, -0.15) is 11.3 Å². The summed E-state index contributed by atoms with van der Waals surface area (Å²) in [6.45, 7) is 5.01. The Balaban J connectivity index is 1.45. The SMILES string of the molecule is Cc1csc(CN2CCC(NC(=O)c3ccsc3)CC2)n1. The molecule has 0 unspecified atom stereocenters. The maximum absolute atomic E-state index is 12.0. The highest BCUT2D eigenvalue weighted by Gasteiger charge is 2.21. The normalized spacial score (nSPS) is 17.0. The summed E-state index contributed by atoms with van der Waals surface area (Å²) in [6, 6.07) is 2.17. The van der Waals surface area contributed by atoms with E-state index in [-0.39, 0.29) is 5.91 Å². The van der Waals surface area contributed by atoms with Crippen LogP contribution in [0, 0.1) is 6.92 Å². The van der Waals surface area contributed by atoms with Crippen molar-refractivity contribution in [1.29, 1.82) is 0 Å². The molecule has 3 rings (SSSR count). The van der Waals surface area contributed by atoms with Crippen LogP contribution in [0.25, 0.3) is 0 Å². The second kappa shape index (κ2) is 6.68. The molecule has 0 radical (unpaired) electrons. The average molecular weight is 321 g/mol. The molecule has 4 nitrogen and oxygen atoms in total. The summed E-state index contributed by atoms with van der Waals surface area (Å²) in [5.74, 6) is 0.0604. The van der Waals surface area contributed by atoms with Crippen LogP contribution in [0.3, 0.4) is 0 Å². The third-order valence-electron chi connectivity index (χ3n) is 3.73. The number of amides is 1. The fourth-order valence-electron chi connectivity index (χ4n) is 2.56. The lowest BCUT2D eigenvalue weighted by atomic mass is 10.0. The maximum atomic E-state index is 12.0. The van der Waals surface area contributed by atoms with E-state index in [4.69, 9.17) is 0 Å². The zero-order valence-corrected chi connectivity index (χ0v) is 13.7. The van der Waals surface area contributed by atoms with E-state index in [1.807, 2.05) is 23.8 Å². The fourth-order valence-corrected chi connectivity index (χ4v) is 4.01. The highest BCUT2D eigenvalue weighted by atomic mass is 32.1. The van der Waals surface area contributed by atoms with Gasteiger partial charge < -0.3 is 5.32 Å². The number of likely N-dealkylation sites (tertiary alicyclic amines) is 1. The van der Waals surface area contributed by atoms with Gasteiger partial charge in [-0.3, -0.25) is 9.69 Å². The minimum absolute atomic E-state index is 0.0604. The Hall–Kier alpha value is -1.24. The van der Waals surface area contributed by atoms with Crippen molar-refractivity contribution in [2.24, 2.45) is 0 Å². The predicted molar refractivity (Wildman–Crippen MR) is 86.9 cm³/mol. The first kappa shape index (κ1) is 14.7. The van der Waals surface area contributed by atoms with Gasteiger partial charge >= 0.3 is 0 Å². The summed E-state index contributed by atoms with van der Waals surface area (Å²) in [5.41, 5.74) is 1.88. The van der Waals surface area contributed by atoms with E-state index in [1.165, 1.54) is 5.01 Å². The fraction of sp³-hybridized carbons (Fsp3) is 0.467. The molecule has 0 aliphatic carbocycles. The largest absolute Gasteiger partial charge is 0.349 e. The molecule has 0 aromatic carbocycles. The molecule has 6 heteroatoms. The average Bonchev–Trinajstić information content (AvgIpc) is 3.13. The van der Waals surface area contributed by atoms with Gasteiger partial charge in [-0.05, 0) is 31.2 Å². The quantitative estimate of drug-likeness (QED) is 0.942. The minimum atomic E-state index is 0.0604. The molecule has 2 aromatic heterocycles. The summed E-state index contributed by atoms with van der Waals surface area (Å²) in [5, 5.41) is 10.3. The Bertz CT molecular complexity index is 586. The van der Waals surface area contributed by atoms with Crippen molar-refractivity contribution in [1.82, 2.24) is 15.2 Å². The first-order valence-corrected chi connectivity index (χ1v) is 8.99. The Morgan fingerprint density at radius 2 is 2.24 bits per heavy atom. The molecule has 1 aliphatic heterocycles. The van der Waals surface area contributed by atoms with Crippen molar-refractivity contribution < 1.29 is 4.79 Å². The Kier molecular flexibility index (Phi) is 4.67. The summed E-state index contributed by atoms with van der Waals surface area (Å²) in [6.07, 6.45) is 2.03. The van der Waals surface area contributed by atoms with Crippen LogP contribution in [0.1, 0.15) is 33.9 Å².